The molecule has 0 aromatic heterocycles. The normalized spacial score (nSPS) is 20.3. The molecule has 1 unspecified atom stereocenters. The fourth-order valence-electron chi connectivity index (χ4n) is 2.66. The first-order valence-corrected chi connectivity index (χ1v) is 6.96. The second kappa shape index (κ2) is 7.55. The van der Waals surface area contributed by atoms with Gasteiger partial charge in [0.25, 0.3) is 0 Å². The van der Waals surface area contributed by atoms with E-state index in [9.17, 15) is 8.78 Å². The Morgan fingerprint density at radius 1 is 1.25 bits per heavy atom. The minimum Gasteiger partial charge on any atom is -0.435 e. The Bertz CT molecular complexity index is 395. The number of rotatable bonds is 6. The molecule has 1 aliphatic heterocycles. The maximum atomic E-state index is 12.1. The number of alkyl halides is 2. The molecule has 0 spiro atoms. The fraction of sp³-hybridized carbons (Fsp3) is 0.600. The summed E-state index contributed by atoms with van der Waals surface area (Å²) in [5, 5.41) is 0. The van der Waals surface area contributed by atoms with Crippen LogP contribution >= 0.6 is 0 Å². The smallest absolute Gasteiger partial charge is 0.387 e. The van der Waals surface area contributed by atoms with Crippen molar-refractivity contribution >= 4 is 0 Å². The van der Waals surface area contributed by atoms with Crippen molar-refractivity contribution in [2.45, 2.75) is 38.5 Å². The van der Waals surface area contributed by atoms with Crippen LogP contribution in [0.25, 0.3) is 0 Å². The van der Waals surface area contributed by atoms with Gasteiger partial charge in [-0.05, 0) is 37.1 Å². The number of methoxy groups -OCH3 is 1. The SMILES string of the molecule is COCC1CCCCN1Cc1ccc(OC(F)F)cc1. The van der Waals surface area contributed by atoms with Crippen LogP contribution in [-0.2, 0) is 11.3 Å². The van der Waals surface area contributed by atoms with Crippen LogP contribution in [0.4, 0.5) is 8.78 Å². The molecule has 0 radical (unpaired) electrons. The Labute approximate surface area is 118 Å². The van der Waals surface area contributed by atoms with Gasteiger partial charge in [-0.15, -0.1) is 0 Å². The zero-order valence-corrected chi connectivity index (χ0v) is 11.7. The summed E-state index contributed by atoms with van der Waals surface area (Å²) in [6.45, 7) is -0.146. The Kier molecular flexibility index (Phi) is 5.73. The van der Waals surface area contributed by atoms with Crippen LogP contribution in [0.3, 0.4) is 0 Å². The summed E-state index contributed by atoms with van der Waals surface area (Å²) in [5.41, 5.74) is 1.11. The topological polar surface area (TPSA) is 21.7 Å². The van der Waals surface area contributed by atoms with Gasteiger partial charge in [-0.1, -0.05) is 18.6 Å². The monoisotopic (exact) mass is 285 g/mol. The average molecular weight is 285 g/mol. The first kappa shape index (κ1) is 15.2. The Morgan fingerprint density at radius 3 is 2.65 bits per heavy atom. The third kappa shape index (κ3) is 4.42. The highest BCUT2D eigenvalue weighted by atomic mass is 19.3. The highest BCUT2D eigenvalue weighted by Gasteiger charge is 2.22. The lowest BCUT2D eigenvalue weighted by Crippen LogP contribution is -2.41. The van der Waals surface area contributed by atoms with Gasteiger partial charge in [-0.2, -0.15) is 8.78 Å². The van der Waals surface area contributed by atoms with Gasteiger partial charge in [-0.3, -0.25) is 4.90 Å². The number of nitrogens with zero attached hydrogens (tertiary/aromatic N) is 1. The molecule has 1 aromatic carbocycles. The summed E-state index contributed by atoms with van der Waals surface area (Å²) in [6, 6.07) is 7.32. The van der Waals surface area contributed by atoms with Crippen LogP contribution in [0.15, 0.2) is 24.3 Å². The number of likely N-dealkylation sites (tertiary alicyclic amines) is 1. The van der Waals surface area contributed by atoms with Crippen molar-refractivity contribution in [3.8, 4) is 5.75 Å². The molecular weight excluding hydrogens is 264 g/mol. The lowest BCUT2D eigenvalue weighted by atomic mass is 10.0. The second-order valence-electron chi connectivity index (χ2n) is 5.10. The van der Waals surface area contributed by atoms with E-state index in [1.165, 1.54) is 12.8 Å². The number of hydrogen-bond donors (Lipinski definition) is 0. The average Bonchev–Trinajstić information content (AvgIpc) is 2.43. The first-order chi connectivity index (χ1) is 9.69. The van der Waals surface area contributed by atoms with E-state index in [4.69, 9.17) is 4.74 Å². The van der Waals surface area contributed by atoms with Crippen molar-refractivity contribution in [2.24, 2.45) is 0 Å². The molecule has 0 aliphatic carbocycles. The quantitative estimate of drug-likeness (QED) is 0.800. The highest BCUT2D eigenvalue weighted by Crippen LogP contribution is 2.21. The van der Waals surface area contributed by atoms with E-state index < -0.39 is 6.61 Å². The third-order valence-electron chi connectivity index (χ3n) is 3.64. The van der Waals surface area contributed by atoms with Crippen LogP contribution in [0.1, 0.15) is 24.8 Å². The first-order valence-electron chi connectivity index (χ1n) is 6.96. The molecule has 1 saturated heterocycles. The van der Waals surface area contributed by atoms with E-state index in [1.54, 1.807) is 19.2 Å². The lowest BCUT2D eigenvalue weighted by molar-refractivity contribution is -0.0498. The molecule has 5 heteroatoms. The van der Waals surface area contributed by atoms with Crippen molar-refractivity contribution in [3.05, 3.63) is 29.8 Å². The van der Waals surface area contributed by atoms with Crippen molar-refractivity contribution in [1.29, 1.82) is 0 Å². The number of ether oxygens (including phenoxy) is 2. The van der Waals surface area contributed by atoms with E-state index in [0.29, 0.717) is 6.04 Å². The third-order valence-corrected chi connectivity index (χ3v) is 3.64. The van der Waals surface area contributed by atoms with Gasteiger partial charge < -0.3 is 9.47 Å². The summed E-state index contributed by atoms with van der Waals surface area (Å²) in [6.07, 6.45) is 3.60. The van der Waals surface area contributed by atoms with E-state index in [1.807, 2.05) is 12.1 Å². The van der Waals surface area contributed by atoms with Crippen LogP contribution < -0.4 is 4.74 Å². The predicted octanol–water partition coefficient (Wildman–Crippen LogP) is 3.29. The largest absolute Gasteiger partial charge is 0.435 e. The molecule has 112 valence electrons. The van der Waals surface area contributed by atoms with Gasteiger partial charge in [0.15, 0.2) is 0 Å². The Morgan fingerprint density at radius 2 is 2.00 bits per heavy atom. The van der Waals surface area contributed by atoms with Gasteiger partial charge in [0, 0.05) is 19.7 Å². The Balaban J connectivity index is 1.94. The second-order valence-corrected chi connectivity index (χ2v) is 5.10. The number of halogens is 2. The van der Waals surface area contributed by atoms with Crippen molar-refractivity contribution in [3.63, 3.8) is 0 Å². The molecule has 0 amide bonds. The summed E-state index contributed by atoms with van der Waals surface area (Å²) >= 11 is 0. The van der Waals surface area contributed by atoms with Gasteiger partial charge >= 0.3 is 6.61 Å². The minimum absolute atomic E-state index is 0.204. The van der Waals surface area contributed by atoms with E-state index in [0.717, 1.165) is 31.7 Å². The van der Waals surface area contributed by atoms with Gasteiger partial charge in [-0.25, -0.2) is 0 Å². The number of benzene rings is 1. The molecule has 1 atom stereocenters. The molecule has 0 saturated carbocycles. The zero-order chi connectivity index (χ0) is 14.4. The maximum absolute atomic E-state index is 12.1. The van der Waals surface area contributed by atoms with E-state index in [2.05, 4.69) is 9.64 Å². The molecule has 2 rings (SSSR count). The van der Waals surface area contributed by atoms with Crippen LogP contribution in [-0.4, -0.2) is 37.8 Å². The van der Waals surface area contributed by atoms with Crippen LogP contribution in [0.2, 0.25) is 0 Å². The molecule has 0 bridgehead atoms. The lowest BCUT2D eigenvalue weighted by Gasteiger charge is -2.35. The predicted molar refractivity (Wildman–Crippen MR) is 73.0 cm³/mol. The Hall–Kier alpha value is -1.20. The molecule has 1 aromatic rings. The van der Waals surface area contributed by atoms with Crippen molar-refractivity contribution in [1.82, 2.24) is 4.90 Å². The van der Waals surface area contributed by atoms with E-state index in [-0.39, 0.29) is 5.75 Å². The fourth-order valence-corrected chi connectivity index (χ4v) is 2.66. The van der Waals surface area contributed by atoms with Gasteiger partial charge in [0.2, 0.25) is 0 Å². The van der Waals surface area contributed by atoms with Gasteiger partial charge in [0.05, 0.1) is 6.61 Å². The van der Waals surface area contributed by atoms with Crippen LogP contribution in [0.5, 0.6) is 5.75 Å². The summed E-state index contributed by atoms with van der Waals surface area (Å²) in [7, 11) is 1.73. The highest BCUT2D eigenvalue weighted by molar-refractivity contribution is 5.27. The molecule has 20 heavy (non-hydrogen) atoms. The number of hydrogen-bond acceptors (Lipinski definition) is 3. The molecule has 3 nitrogen and oxygen atoms in total. The molecular formula is C15H21F2NO2. The maximum Gasteiger partial charge on any atom is 0.387 e. The van der Waals surface area contributed by atoms with E-state index >= 15 is 0 Å². The van der Waals surface area contributed by atoms with Crippen molar-refractivity contribution in [2.75, 3.05) is 20.3 Å². The number of piperidine rings is 1. The minimum atomic E-state index is -2.77. The molecule has 1 aliphatic rings. The molecule has 1 heterocycles. The summed E-state index contributed by atoms with van der Waals surface area (Å²) < 4.78 is 33.8. The van der Waals surface area contributed by atoms with Crippen molar-refractivity contribution < 1.29 is 18.3 Å². The zero-order valence-electron chi connectivity index (χ0n) is 11.7. The molecule has 0 N–H and O–H groups in total. The van der Waals surface area contributed by atoms with Gasteiger partial charge in [0.1, 0.15) is 5.75 Å². The standard InChI is InChI=1S/C15H21F2NO2/c1-19-11-13-4-2-3-9-18(13)10-12-5-7-14(8-6-12)20-15(16)17/h5-8,13,15H,2-4,9-11H2,1H3. The molecule has 1 fully saturated rings. The summed E-state index contributed by atoms with van der Waals surface area (Å²) in [5.74, 6) is 0.204. The van der Waals surface area contributed by atoms with Crippen LogP contribution in [0, 0.1) is 0 Å². The summed E-state index contributed by atoms with van der Waals surface area (Å²) in [4.78, 5) is 2.40.